The van der Waals surface area contributed by atoms with E-state index in [2.05, 4.69) is 75.9 Å². The van der Waals surface area contributed by atoms with Crippen LogP contribution < -0.4 is 16.0 Å². The molecule has 3 saturated carbocycles. The summed E-state index contributed by atoms with van der Waals surface area (Å²) in [6.45, 7) is 2.28. The molecule has 0 saturated heterocycles. The Balaban J connectivity index is 0.000000681. The van der Waals surface area contributed by atoms with Crippen LogP contribution in [0.25, 0.3) is 0 Å². The summed E-state index contributed by atoms with van der Waals surface area (Å²) < 4.78 is 58.9. The summed E-state index contributed by atoms with van der Waals surface area (Å²) in [4.78, 5) is 17.3. The third-order valence-electron chi connectivity index (χ3n) is 9.81. The van der Waals surface area contributed by atoms with Crippen LogP contribution in [0.5, 0.6) is 0 Å². The predicted octanol–water partition coefficient (Wildman–Crippen LogP) is 6.54. The second-order valence-electron chi connectivity index (χ2n) is 14.1. The minimum atomic E-state index is -6.09. The van der Waals surface area contributed by atoms with Gasteiger partial charge < -0.3 is 26.0 Å². The molecular weight excluding hydrogens is 751 g/mol. The molecule has 0 aromatic carbocycles. The van der Waals surface area contributed by atoms with Crippen molar-refractivity contribution in [1.82, 2.24) is 20.9 Å². The second kappa shape index (κ2) is 21.8. The Bertz CT molecular complexity index is 1430. The van der Waals surface area contributed by atoms with Gasteiger partial charge in [-0.05, 0) is 75.0 Å². The predicted molar refractivity (Wildman–Crippen MR) is 197 cm³/mol. The van der Waals surface area contributed by atoms with Gasteiger partial charge in [0.1, 0.15) is 0 Å². The van der Waals surface area contributed by atoms with Crippen LogP contribution in [0.2, 0.25) is 0 Å². The average molecular weight is 803 g/mol. The van der Waals surface area contributed by atoms with Gasteiger partial charge in [0.05, 0.1) is 34.2 Å². The van der Waals surface area contributed by atoms with Crippen molar-refractivity contribution in [1.29, 1.82) is 0 Å². The number of rotatable bonds is 12. The topological polar surface area (TPSA) is 162 Å². The number of nitrogens with one attached hydrogen (secondary N) is 3. The van der Waals surface area contributed by atoms with E-state index in [4.69, 9.17) is 27.9 Å². The molecule has 11 nitrogen and oxygen atoms in total. The van der Waals surface area contributed by atoms with E-state index in [1.165, 1.54) is 96.3 Å². The molecule has 0 aromatic heterocycles. The molecular formula is C37H51F3FeN7O4S+. The first kappa shape index (κ1) is 44.4. The van der Waals surface area contributed by atoms with Crippen LogP contribution in [0.3, 0.4) is 0 Å². The molecule has 16 heteroatoms. The number of hydrogen-bond acceptors (Lipinski definition) is 10. The maximum absolute atomic E-state index is 10.7. The first-order chi connectivity index (χ1) is 24.5. The van der Waals surface area contributed by atoms with Gasteiger partial charge >= 0.3 is 22.6 Å². The van der Waals surface area contributed by atoms with E-state index in [9.17, 15) is 13.2 Å². The molecule has 292 valence electrons. The van der Waals surface area contributed by atoms with Crippen molar-refractivity contribution >= 4 is 27.3 Å². The summed E-state index contributed by atoms with van der Waals surface area (Å²) in [5.74, 6) is 0. The van der Waals surface area contributed by atoms with Crippen LogP contribution in [0.4, 0.5) is 13.2 Å². The van der Waals surface area contributed by atoms with E-state index in [0.29, 0.717) is 18.1 Å². The molecule has 3 fully saturated rings. The summed E-state index contributed by atoms with van der Waals surface area (Å²) in [6.07, 6.45) is 39.0. The molecule has 53 heavy (non-hydrogen) atoms. The second-order valence-corrected chi connectivity index (χ2v) is 15.4. The van der Waals surface area contributed by atoms with Gasteiger partial charge in [-0.25, -0.2) is 8.42 Å². The zero-order chi connectivity index (χ0) is 36.1. The summed E-state index contributed by atoms with van der Waals surface area (Å²) in [5.41, 5.74) is 0.690. The van der Waals surface area contributed by atoms with E-state index in [1.54, 1.807) is 0 Å². The largest absolute Gasteiger partial charge is 4.00 e. The van der Waals surface area contributed by atoms with E-state index in [-0.39, 0.29) is 22.5 Å². The minimum Gasteiger partial charge on any atom is -2.00 e. The van der Waals surface area contributed by atoms with Crippen molar-refractivity contribution < 1.29 is 48.7 Å². The van der Waals surface area contributed by atoms with Crippen molar-refractivity contribution in [2.75, 3.05) is 19.6 Å². The molecule has 6 rings (SSSR count). The fraction of sp³-hybridized carbons (Fsp3) is 0.595. The van der Waals surface area contributed by atoms with E-state index in [0.717, 1.165) is 53.9 Å². The van der Waals surface area contributed by atoms with Crippen molar-refractivity contribution in [2.45, 2.75) is 120 Å². The molecule has 0 unspecified atom stereocenters. The standard InChI is InChI=1S/C36H51N7.CHF3O3S.Fe.O/c1-4-10-28(11-5-1)37-22-31-16-19-34(40-31)25-43(26-35-20-17-32(41-35)23-38-29-12-6-2-7-13-29)27-36-21-18-33(42-36)24-39-30-14-8-3-9-15-30;2-1(3,4)8(5,6)7;;/h16-24,28-30,37-39H,1-15,25-27H2;(H,5,6,7);;/q;;+4;-2/p-1/b31-22-,32-23-,33-24-;;;. The molecule has 3 heterocycles. The summed E-state index contributed by atoms with van der Waals surface area (Å²) in [5, 5.41) is 10.9. The van der Waals surface area contributed by atoms with Gasteiger partial charge in [-0.3, -0.25) is 19.9 Å². The van der Waals surface area contributed by atoms with Crippen LogP contribution in [0.1, 0.15) is 96.3 Å². The average Bonchev–Trinajstić information content (AvgIpc) is 3.88. The fourth-order valence-corrected chi connectivity index (χ4v) is 7.04. The Morgan fingerprint density at radius 2 is 0.868 bits per heavy atom. The third-order valence-corrected chi connectivity index (χ3v) is 10.4. The number of aliphatic imine (C=N–C) groups is 3. The molecule has 0 spiro atoms. The van der Waals surface area contributed by atoms with E-state index >= 15 is 0 Å². The summed E-state index contributed by atoms with van der Waals surface area (Å²) >= 11 is 0. The Morgan fingerprint density at radius 1 is 0.604 bits per heavy atom. The number of nitrogens with zero attached hydrogens (tertiary/aromatic N) is 4. The molecule has 3 aliphatic heterocycles. The normalized spacial score (nSPS) is 23.3. The summed E-state index contributed by atoms with van der Waals surface area (Å²) in [7, 11) is -6.09. The molecule has 0 radical (unpaired) electrons. The number of hydrogen-bond donors (Lipinski definition) is 3. The van der Waals surface area contributed by atoms with Crippen LogP contribution in [-0.4, -0.2) is 78.3 Å². The van der Waals surface area contributed by atoms with E-state index < -0.39 is 15.6 Å². The van der Waals surface area contributed by atoms with Gasteiger partial charge in [-0.2, -0.15) is 13.2 Å². The maximum atomic E-state index is 10.7. The maximum Gasteiger partial charge on any atom is 4.00 e. The van der Waals surface area contributed by atoms with Gasteiger partial charge in [0.25, 0.3) is 0 Å². The molecule has 3 N–H and O–H groups in total. The fourth-order valence-electron chi connectivity index (χ4n) is 7.04. The zero-order valence-electron chi connectivity index (χ0n) is 30.0. The molecule has 0 bridgehead atoms. The Morgan fingerprint density at radius 3 is 1.11 bits per heavy atom. The van der Waals surface area contributed by atoms with Gasteiger partial charge in [0.15, 0.2) is 10.1 Å². The van der Waals surface area contributed by atoms with Gasteiger partial charge in [-0.1, -0.05) is 57.8 Å². The number of alkyl halides is 3. The van der Waals surface area contributed by atoms with Crippen LogP contribution in [0.15, 0.2) is 87.1 Å². The summed E-state index contributed by atoms with van der Waals surface area (Å²) in [6, 6.07) is 1.78. The third kappa shape index (κ3) is 15.3. The van der Waals surface area contributed by atoms with Crippen molar-refractivity contribution in [3.05, 3.63) is 72.1 Å². The smallest absolute Gasteiger partial charge is 2.00 e. The molecule has 0 amide bonds. The Hall–Kier alpha value is -3.01. The van der Waals surface area contributed by atoms with Crippen LogP contribution >= 0.6 is 0 Å². The monoisotopic (exact) mass is 802 g/mol. The first-order valence-electron chi connectivity index (χ1n) is 18.4. The van der Waals surface area contributed by atoms with Gasteiger partial charge in [0.2, 0.25) is 0 Å². The van der Waals surface area contributed by atoms with Crippen molar-refractivity contribution in [3.8, 4) is 0 Å². The van der Waals surface area contributed by atoms with Crippen LogP contribution in [-0.2, 0) is 32.7 Å². The molecule has 0 aromatic rings. The quantitative estimate of drug-likeness (QED) is 0.115. The van der Waals surface area contributed by atoms with Crippen molar-refractivity contribution in [3.63, 3.8) is 0 Å². The van der Waals surface area contributed by atoms with Gasteiger partial charge in [0, 0.05) is 56.4 Å². The molecule has 3 aliphatic carbocycles. The van der Waals surface area contributed by atoms with Gasteiger partial charge in [-0.15, -0.1) is 0 Å². The Labute approximate surface area is 322 Å². The number of allylic oxidation sites excluding steroid dienone is 3. The Kier molecular flexibility index (Phi) is 18.2. The molecule has 6 aliphatic rings. The molecule has 0 atom stereocenters. The first-order valence-corrected chi connectivity index (χ1v) is 19.8. The van der Waals surface area contributed by atoms with Crippen LogP contribution in [0, 0.1) is 0 Å². The van der Waals surface area contributed by atoms with Crippen molar-refractivity contribution in [2.24, 2.45) is 15.0 Å². The van der Waals surface area contributed by atoms with E-state index in [1.807, 2.05) is 0 Å². The SMILES string of the molecule is C1=C/C(=C/NC2CCCCC2)N=C1CN(CC1=N/C(=C\NC2CCCCC2)C=C1)CC1=N/C(=C\NC2CCCCC2)C=C1.O=S(=O)([O-])C(F)(F)F.[Fe+4].[O-2]. The zero-order valence-corrected chi connectivity index (χ0v) is 31.9. The number of halogens is 3. The minimum absolute atomic E-state index is 0.